The normalized spacial score (nSPS) is 10.4. The second-order valence-electron chi connectivity index (χ2n) is 3.67. The number of benzene rings is 2. The Morgan fingerprint density at radius 1 is 1.15 bits per heavy atom. The highest BCUT2D eigenvalue weighted by atomic mass is 79.9. The molecule has 0 N–H and O–H groups in total. The smallest absolute Gasteiger partial charge is 0.313 e. The van der Waals surface area contributed by atoms with Crippen molar-refractivity contribution in [3.63, 3.8) is 0 Å². The molecule has 0 saturated heterocycles. The summed E-state index contributed by atoms with van der Waals surface area (Å²) in [6, 6.07) is 6.02. The first-order valence-electron chi connectivity index (χ1n) is 5.15. The van der Waals surface area contributed by atoms with Gasteiger partial charge in [-0.1, -0.05) is 23.2 Å². The average molecular weight is 381 g/mol. The molecule has 4 nitrogen and oxygen atoms in total. The van der Waals surface area contributed by atoms with Crippen molar-refractivity contribution in [2.75, 3.05) is 0 Å². The quantitative estimate of drug-likeness (QED) is 0.514. The van der Waals surface area contributed by atoms with E-state index < -0.39 is 10.7 Å². The summed E-state index contributed by atoms with van der Waals surface area (Å²) in [6.07, 6.45) is 0. The summed E-state index contributed by atoms with van der Waals surface area (Å²) in [5.74, 6) is -0.336. The molecule has 8 heteroatoms. The van der Waals surface area contributed by atoms with Gasteiger partial charge in [-0.05, 0) is 34.1 Å². The Labute approximate surface area is 131 Å². The summed E-state index contributed by atoms with van der Waals surface area (Å²) >= 11 is 14.7. The molecule has 0 unspecified atom stereocenters. The van der Waals surface area contributed by atoms with Crippen LogP contribution < -0.4 is 4.74 Å². The van der Waals surface area contributed by atoms with Crippen LogP contribution in [0.4, 0.5) is 10.1 Å². The minimum atomic E-state index is -0.644. The van der Waals surface area contributed by atoms with Gasteiger partial charge in [0.15, 0.2) is 0 Å². The third-order valence-corrected chi connectivity index (χ3v) is 3.65. The Morgan fingerprint density at radius 2 is 1.80 bits per heavy atom. The Kier molecular flexibility index (Phi) is 4.47. The largest absolute Gasteiger partial charge is 0.449 e. The van der Waals surface area contributed by atoms with E-state index in [4.69, 9.17) is 27.9 Å². The van der Waals surface area contributed by atoms with Crippen molar-refractivity contribution in [3.05, 3.63) is 60.8 Å². The van der Waals surface area contributed by atoms with E-state index in [1.54, 1.807) is 0 Å². The van der Waals surface area contributed by atoms with Gasteiger partial charge >= 0.3 is 5.69 Å². The van der Waals surface area contributed by atoms with Crippen LogP contribution in [-0.2, 0) is 0 Å². The van der Waals surface area contributed by atoms with Crippen LogP contribution in [0.5, 0.6) is 11.5 Å². The molecule has 2 aromatic rings. The molecule has 0 spiro atoms. The van der Waals surface area contributed by atoms with Crippen molar-refractivity contribution in [2.24, 2.45) is 0 Å². The summed E-state index contributed by atoms with van der Waals surface area (Å²) in [7, 11) is 0. The SMILES string of the molecule is O=[N+]([O-])c1cc(Cl)c(Cl)cc1Oc1ccc(F)cc1Br. The van der Waals surface area contributed by atoms with E-state index in [0.717, 1.165) is 6.07 Å². The van der Waals surface area contributed by atoms with E-state index in [9.17, 15) is 14.5 Å². The molecule has 0 saturated carbocycles. The zero-order valence-electron chi connectivity index (χ0n) is 9.57. The molecule has 0 radical (unpaired) electrons. The number of nitro groups is 1. The predicted molar refractivity (Wildman–Crippen MR) is 77.3 cm³/mol. The number of nitrogens with zero attached hydrogens (tertiary/aromatic N) is 1. The van der Waals surface area contributed by atoms with Gasteiger partial charge in [0.25, 0.3) is 0 Å². The molecule has 0 fully saturated rings. The van der Waals surface area contributed by atoms with Gasteiger partial charge in [0.2, 0.25) is 5.75 Å². The first kappa shape index (κ1) is 15.0. The lowest BCUT2D eigenvalue weighted by Gasteiger charge is -2.09. The number of halogens is 4. The summed E-state index contributed by atoms with van der Waals surface area (Å²) in [6.45, 7) is 0. The van der Waals surface area contributed by atoms with Crippen LogP contribution >= 0.6 is 39.1 Å². The van der Waals surface area contributed by atoms with E-state index in [2.05, 4.69) is 15.9 Å². The van der Waals surface area contributed by atoms with Crippen LogP contribution in [0.25, 0.3) is 0 Å². The molecule has 0 amide bonds. The zero-order valence-corrected chi connectivity index (χ0v) is 12.7. The molecule has 20 heavy (non-hydrogen) atoms. The molecule has 0 aliphatic carbocycles. The summed E-state index contributed by atoms with van der Waals surface area (Å²) in [4.78, 5) is 10.3. The van der Waals surface area contributed by atoms with Gasteiger partial charge in [0.1, 0.15) is 11.6 Å². The van der Waals surface area contributed by atoms with Crippen molar-refractivity contribution in [2.45, 2.75) is 0 Å². The van der Waals surface area contributed by atoms with Gasteiger partial charge in [-0.3, -0.25) is 10.1 Å². The molecular weight excluding hydrogens is 376 g/mol. The van der Waals surface area contributed by atoms with Crippen molar-refractivity contribution in [1.82, 2.24) is 0 Å². The Morgan fingerprint density at radius 3 is 2.40 bits per heavy atom. The number of rotatable bonds is 3. The summed E-state index contributed by atoms with van der Waals surface area (Å²) < 4.78 is 18.7. The molecule has 2 aromatic carbocycles. The lowest BCUT2D eigenvalue weighted by atomic mass is 10.3. The maximum Gasteiger partial charge on any atom is 0.313 e. The highest BCUT2D eigenvalue weighted by Crippen LogP contribution is 2.39. The molecule has 0 atom stereocenters. The van der Waals surface area contributed by atoms with Crippen LogP contribution in [0.2, 0.25) is 10.0 Å². The van der Waals surface area contributed by atoms with Crippen LogP contribution in [-0.4, -0.2) is 4.92 Å². The lowest BCUT2D eigenvalue weighted by molar-refractivity contribution is -0.385. The van der Waals surface area contributed by atoms with Gasteiger partial charge in [-0.15, -0.1) is 0 Å². The first-order chi connectivity index (χ1) is 9.38. The first-order valence-corrected chi connectivity index (χ1v) is 6.69. The summed E-state index contributed by atoms with van der Waals surface area (Å²) in [5, 5.41) is 11.1. The topological polar surface area (TPSA) is 52.4 Å². The predicted octanol–water partition coefficient (Wildman–Crippen LogP) is 5.60. The fraction of sp³-hybridized carbons (Fsp3) is 0. The molecule has 104 valence electrons. The van der Waals surface area contributed by atoms with E-state index in [0.29, 0.717) is 4.47 Å². The average Bonchev–Trinajstić information content (AvgIpc) is 2.36. The van der Waals surface area contributed by atoms with Crippen LogP contribution in [0, 0.1) is 15.9 Å². The van der Waals surface area contributed by atoms with Crippen molar-refractivity contribution in [1.29, 1.82) is 0 Å². The minimum Gasteiger partial charge on any atom is -0.449 e. The Hall–Kier alpha value is -1.37. The summed E-state index contributed by atoms with van der Waals surface area (Å²) in [5.41, 5.74) is -0.337. The maximum absolute atomic E-state index is 13.0. The van der Waals surface area contributed by atoms with Crippen LogP contribution in [0.3, 0.4) is 0 Å². The van der Waals surface area contributed by atoms with Crippen LogP contribution in [0.15, 0.2) is 34.8 Å². The third-order valence-electron chi connectivity index (χ3n) is 2.31. The fourth-order valence-electron chi connectivity index (χ4n) is 1.42. The monoisotopic (exact) mass is 379 g/mol. The second-order valence-corrected chi connectivity index (χ2v) is 5.34. The second kappa shape index (κ2) is 5.95. The molecular formula is C12H5BrCl2FNO3. The van der Waals surface area contributed by atoms with Crippen molar-refractivity contribution in [3.8, 4) is 11.5 Å². The van der Waals surface area contributed by atoms with E-state index in [1.165, 1.54) is 24.3 Å². The molecule has 0 aromatic heterocycles. The molecule has 2 rings (SSSR count). The molecule has 0 heterocycles. The van der Waals surface area contributed by atoms with Gasteiger partial charge < -0.3 is 4.74 Å². The number of ether oxygens (including phenoxy) is 1. The van der Waals surface area contributed by atoms with Gasteiger partial charge in [0.05, 0.1) is 19.4 Å². The number of nitro benzene ring substituents is 1. The van der Waals surface area contributed by atoms with Crippen LogP contribution in [0.1, 0.15) is 0 Å². The van der Waals surface area contributed by atoms with Crippen molar-refractivity contribution < 1.29 is 14.1 Å². The van der Waals surface area contributed by atoms with E-state index in [-0.39, 0.29) is 27.2 Å². The highest BCUT2D eigenvalue weighted by molar-refractivity contribution is 9.10. The third kappa shape index (κ3) is 3.20. The molecule has 0 bridgehead atoms. The minimum absolute atomic E-state index is 0.0453. The highest BCUT2D eigenvalue weighted by Gasteiger charge is 2.20. The maximum atomic E-state index is 13.0. The zero-order chi connectivity index (χ0) is 14.9. The van der Waals surface area contributed by atoms with Crippen molar-refractivity contribution >= 4 is 44.8 Å². The lowest BCUT2D eigenvalue weighted by Crippen LogP contribution is -1.94. The molecule has 0 aliphatic heterocycles. The molecule has 0 aliphatic rings. The van der Waals surface area contributed by atoms with Gasteiger partial charge in [-0.25, -0.2) is 4.39 Å². The number of hydrogen-bond acceptors (Lipinski definition) is 3. The standard InChI is InChI=1S/C12H5BrCl2FNO3/c13-7-3-6(16)1-2-11(7)20-12-5-9(15)8(14)4-10(12)17(18)19/h1-5H. The number of hydrogen-bond donors (Lipinski definition) is 0. The van der Waals surface area contributed by atoms with E-state index >= 15 is 0 Å². The van der Waals surface area contributed by atoms with Gasteiger partial charge in [-0.2, -0.15) is 0 Å². The van der Waals surface area contributed by atoms with E-state index in [1.807, 2.05) is 0 Å². The fourth-order valence-corrected chi connectivity index (χ4v) is 2.16. The Balaban J connectivity index is 2.47. The van der Waals surface area contributed by atoms with Gasteiger partial charge in [0, 0.05) is 12.1 Å². The Bertz CT molecular complexity index is 697.